The Balaban J connectivity index is 1.17. The number of anilines is 6. The fraction of sp³-hybridized carbons (Fsp3) is 0.0645. The molecule has 0 atom stereocenters. The van der Waals surface area contributed by atoms with Crippen LogP contribution in [0, 0.1) is 0 Å². The van der Waals surface area contributed by atoms with Gasteiger partial charge in [0.1, 0.15) is 0 Å². The Hall–Kier alpha value is -7.94. The van der Waals surface area contributed by atoms with Gasteiger partial charge in [-0.1, -0.05) is 214 Å². The molecular formula is C62H46N2. The maximum Gasteiger partial charge on any atom is 0.0781 e. The molecule has 0 spiro atoms. The van der Waals surface area contributed by atoms with E-state index in [2.05, 4.69) is 266 Å². The second-order valence-electron chi connectivity index (χ2n) is 17.6. The van der Waals surface area contributed by atoms with Crippen molar-refractivity contribution in [2.45, 2.75) is 24.7 Å². The molecule has 0 saturated heterocycles. The average Bonchev–Trinajstić information content (AvgIpc) is 3.66. The topological polar surface area (TPSA) is 6.48 Å². The Morgan fingerprint density at radius 2 is 0.953 bits per heavy atom. The van der Waals surface area contributed by atoms with Gasteiger partial charge in [0.15, 0.2) is 0 Å². The quantitative estimate of drug-likeness (QED) is 0.158. The summed E-state index contributed by atoms with van der Waals surface area (Å²) in [7, 11) is 0. The Morgan fingerprint density at radius 3 is 1.69 bits per heavy atom. The summed E-state index contributed by atoms with van der Waals surface area (Å²) in [6.45, 7) is 4.78. The Bertz CT molecular complexity index is 3320. The molecule has 10 aromatic carbocycles. The van der Waals surface area contributed by atoms with Crippen LogP contribution in [0.5, 0.6) is 0 Å². The van der Waals surface area contributed by atoms with E-state index < -0.39 is 5.41 Å². The van der Waals surface area contributed by atoms with Crippen LogP contribution in [0.1, 0.15) is 47.2 Å². The predicted octanol–water partition coefficient (Wildman–Crippen LogP) is 16.4. The van der Waals surface area contributed by atoms with Gasteiger partial charge in [-0.15, -0.1) is 0 Å². The van der Waals surface area contributed by atoms with Crippen molar-refractivity contribution in [2.24, 2.45) is 0 Å². The van der Waals surface area contributed by atoms with E-state index >= 15 is 0 Å². The molecule has 12 rings (SSSR count). The van der Waals surface area contributed by atoms with Crippen molar-refractivity contribution in [2.75, 3.05) is 9.80 Å². The monoisotopic (exact) mass is 818 g/mol. The largest absolute Gasteiger partial charge is 0.308 e. The molecule has 0 radical (unpaired) electrons. The van der Waals surface area contributed by atoms with Crippen molar-refractivity contribution in [1.82, 2.24) is 0 Å². The summed E-state index contributed by atoms with van der Waals surface area (Å²) >= 11 is 0. The highest BCUT2D eigenvalue weighted by Gasteiger charge is 2.47. The lowest BCUT2D eigenvalue weighted by Crippen LogP contribution is -2.32. The molecule has 2 aliphatic rings. The summed E-state index contributed by atoms with van der Waals surface area (Å²) in [5.41, 5.74) is 18.6. The van der Waals surface area contributed by atoms with Crippen LogP contribution in [0.4, 0.5) is 34.1 Å². The fourth-order valence-electron chi connectivity index (χ4n) is 11.2. The summed E-state index contributed by atoms with van der Waals surface area (Å²) in [4.78, 5) is 5.06. The normalized spacial score (nSPS) is 14.0. The van der Waals surface area contributed by atoms with Gasteiger partial charge < -0.3 is 9.80 Å². The van der Waals surface area contributed by atoms with Crippen LogP contribution in [0.25, 0.3) is 33.0 Å². The molecule has 1 aliphatic heterocycles. The number of para-hydroxylation sites is 2. The zero-order valence-electron chi connectivity index (χ0n) is 36.0. The van der Waals surface area contributed by atoms with Gasteiger partial charge >= 0.3 is 0 Å². The lowest BCUT2D eigenvalue weighted by atomic mass is 9.67. The third-order valence-electron chi connectivity index (χ3n) is 13.9. The molecule has 0 fully saturated rings. The van der Waals surface area contributed by atoms with Crippen molar-refractivity contribution in [1.29, 1.82) is 0 Å². The predicted molar refractivity (Wildman–Crippen MR) is 268 cm³/mol. The van der Waals surface area contributed by atoms with Crippen molar-refractivity contribution < 1.29 is 0 Å². The summed E-state index contributed by atoms with van der Waals surface area (Å²) in [6.07, 6.45) is 0. The molecule has 1 aliphatic carbocycles. The summed E-state index contributed by atoms with van der Waals surface area (Å²) < 4.78 is 0. The van der Waals surface area contributed by atoms with Gasteiger partial charge in [0, 0.05) is 22.2 Å². The molecule has 10 aromatic rings. The molecule has 0 unspecified atom stereocenters. The molecule has 0 N–H and O–H groups in total. The van der Waals surface area contributed by atoms with E-state index in [1.165, 1.54) is 77.8 Å². The minimum Gasteiger partial charge on any atom is -0.308 e. The van der Waals surface area contributed by atoms with Gasteiger partial charge in [0.25, 0.3) is 0 Å². The Labute approximate surface area is 376 Å². The van der Waals surface area contributed by atoms with Gasteiger partial charge in [-0.3, -0.25) is 0 Å². The van der Waals surface area contributed by atoms with Crippen LogP contribution in [-0.4, -0.2) is 0 Å². The fourth-order valence-corrected chi connectivity index (χ4v) is 11.2. The summed E-state index contributed by atoms with van der Waals surface area (Å²) in [6, 6.07) is 89.6. The highest BCUT2D eigenvalue weighted by molar-refractivity contribution is 6.09. The van der Waals surface area contributed by atoms with Crippen molar-refractivity contribution in [3.05, 3.63) is 276 Å². The molecule has 1 heterocycles. The summed E-state index contributed by atoms with van der Waals surface area (Å²) in [5.74, 6) is 0. The smallest absolute Gasteiger partial charge is 0.0781 e. The first-order valence-electron chi connectivity index (χ1n) is 22.4. The van der Waals surface area contributed by atoms with E-state index in [-0.39, 0.29) is 5.41 Å². The van der Waals surface area contributed by atoms with E-state index in [4.69, 9.17) is 0 Å². The Kier molecular flexibility index (Phi) is 8.77. The lowest BCUT2D eigenvalue weighted by Gasteiger charge is -2.44. The van der Waals surface area contributed by atoms with Gasteiger partial charge in [0.05, 0.1) is 28.2 Å². The first-order valence-corrected chi connectivity index (χ1v) is 22.4. The third kappa shape index (κ3) is 5.59. The first kappa shape index (κ1) is 37.8. The van der Waals surface area contributed by atoms with Crippen LogP contribution in [0.2, 0.25) is 0 Å². The first-order chi connectivity index (χ1) is 31.5. The number of benzene rings is 10. The molecule has 2 nitrogen and oxygen atoms in total. The van der Waals surface area contributed by atoms with Crippen molar-refractivity contribution in [3.8, 4) is 22.3 Å². The molecular weight excluding hydrogens is 773 g/mol. The number of fused-ring (bicyclic) bond motifs is 6. The van der Waals surface area contributed by atoms with E-state index in [0.29, 0.717) is 0 Å². The third-order valence-corrected chi connectivity index (χ3v) is 13.9. The van der Waals surface area contributed by atoms with Gasteiger partial charge in [-0.2, -0.15) is 0 Å². The minimum absolute atomic E-state index is 0.286. The average molecular weight is 819 g/mol. The highest BCUT2D eigenvalue weighted by Crippen LogP contribution is 2.60. The lowest BCUT2D eigenvalue weighted by molar-refractivity contribution is 0.634. The van der Waals surface area contributed by atoms with Crippen LogP contribution >= 0.6 is 0 Å². The van der Waals surface area contributed by atoms with Gasteiger partial charge in [-0.25, -0.2) is 0 Å². The van der Waals surface area contributed by atoms with Crippen molar-refractivity contribution >= 4 is 44.9 Å². The van der Waals surface area contributed by atoms with Crippen LogP contribution in [0.15, 0.2) is 243 Å². The highest BCUT2D eigenvalue weighted by atomic mass is 15.2. The maximum atomic E-state index is 2.57. The molecule has 0 bridgehead atoms. The number of hydrogen-bond donors (Lipinski definition) is 0. The second-order valence-corrected chi connectivity index (χ2v) is 17.6. The van der Waals surface area contributed by atoms with Crippen molar-refractivity contribution in [3.63, 3.8) is 0 Å². The Morgan fingerprint density at radius 1 is 0.391 bits per heavy atom. The zero-order chi connectivity index (χ0) is 42.8. The summed E-state index contributed by atoms with van der Waals surface area (Å²) in [5, 5.41) is 2.37. The maximum absolute atomic E-state index is 2.57. The molecule has 0 aromatic heterocycles. The van der Waals surface area contributed by atoms with Crippen LogP contribution < -0.4 is 9.80 Å². The van der Waals surface area contributed by atoms with E-state index in [0.717, 1.165) is 22.7 Å². The number of nitrogens with zero attached hydrogens (tertiary/aromatic N) is 2. The van der Waals surface area contributed by atoms with E-state index in [1.54, 1.807) is 0 Å². The molecule has 2 heteroatoms. The minimum atomic E-state index is -0.538. The molecule has 0 amide bonds. The molecule has 0 saturated carbocycles. The molecule has 64 heavy (non-hydrogen) atoms. The molecule has 304 valence electrons. The SMILES string of the molecule is CC1(C)c2ccccc2N(c2c(N(c3ccccc3)c3ccc4c(c3)C(c3ccccc3)(c3ccccc3)c3ccccc3-4)ccc3ccccc23)c2cccc(-c3ccccc3)c21. The number of hydrogen-bond acceptors (Lipinski definition) is 2. The second kappa shape index (κ2) is 14.9. The van der Waals surface area contributed by atoms with Crippen LogP contribution in [0.3, 0.4) is 0 Å². The standard InChI is InChI=1S/C62H46N2/c1-61(2)54-35-19-20-36-56(54)64(57-37-21-33-49(59(57)61)43-22-7-3-8-23-43)60-50-31-16-15-24-44(50)38-41-58(60)63(47-29-13-6-14-30-47)48-39-40-52-51-32-17-18-34-53(51)62(55(52)42-48,45-25-9-4-10-26-45)46-27-11-5-12-28-46/h3-42H,1-2H3. The van der Waals surface area contributed by atoms with E-state index in [1.807, 2.05) is 0 Å². The van der Waals surface area contributed by atoms with Gasteiger partial charge in [-0.05, 0) is 103 Å². The zero-order valence-corrected chi connectivity index (χ0v) is 36.0. The van der Waals surface area contributed by atoms with Gasteiger partial charge in [0.2, 0.25) is 0 Å². The number of rotatable bonds is 7. The van der Waals surface area contributed by atoms with E-state index in [9.17, 15) is 0 Å². The van der Waals surface area contributed by atoms with Crippen LogP contribution in [-0.2, 0) is 10.8 Å².